The van der Waals surface area contributed by atoms with Crippen LogP contribution in [0.15, 0.2) is 0 Å². The van der Waals surface area contributed by atoms with Gasteiger partial charge >= 0.3 is 0 Å². The summed E-state index contributed by atoms with van der Waals surface area (Å²) in [6.45, 7) is 10.0. The van der Waals surface area contributed by atoms with E-state index >= 15 is 0 Å². The van der Waals surface area contributed by atoms with Crippen molar-refractivity contribution in [3.8, 4) is 0 Å². The molecule has 19 heavy (non-hydrogen) atoms. The number of piperazine rings is 1. The quantitative estimate of drug-likeness (QED) is 0.772. The smallest absolute Gasteiger partial charge is 0.254 e. The van der Waals surface area contributed by atoms with Crippen molar-refractivity contribution in [1.82, 2.24) is 9.80 Å². The van der Waals surface area contributed by atoms with Gasteiger partial charge in [0.2, 0.25) is 0 Å². The maximum absolute atomic E-state index is 12.3. The van der Waals surface area contributed by atoms with Crippen molar-refractivity contribution in [2.24, 2.45) is 5.73 Å². The van der Waals surface area contributed by atoms with Gasteiger partial charge in [-0.1, -0.05) is 6.92 Å². The summed E-state index contributed by atoms with van der Waals surface area (Å²) in [5, 5.41) is 0. The number of nitrogens with two attached hydrogens (primary N) is 1. The molecule has 1 rings (SSSR count). The summed E-state index contributed by atoms with van der Waals surface area (Å²) in [4.78, 5) is 16.7. The molecule has 0 aromatic carbocycles. The highest BCUT2D eigenvalue weighted by Gasteiger charge is 2.34. The zero-order valence-electron chi connectivity index (χ0n) is 12.8. The second-order valence-corrected chi connectivity index (χ2v) is 5.68. The van der Waals surface area contributed by atoms with E-state index in [4.69, 9.17) is 10.5 Å². The second kappa shape index (κ2) is 7.22. The molecule has 1 aliphatic heterocycles. The average Bonchev–Trinajstić information content (AvgIpc) is 2.44. The molecule has 0 aliphatic carbocycles. The highest BCUT2D eigenvalue weighted by atomic mass is 16.5. The SMILES string of the molecule is CCC(CCN)N1CCN(C(=O)C(C)(C)OC)CC1. The van der Waals surface area contributed by atoms with Crippen LogP contribution in [0.25, 0.3) is 0 Å². The van der Waals surface area contributed by atoms with E-state index in [1.54, 1.807) is 7.11 Å². The first-order valence-corrected chi connectivity index (χ1v) is 7.25. The number of hydrogen-bond donors (Lipinski definition) is 1. The number of carbonyl (C=O) groups excluding carboxylic acids is 1. The zero-order valence-corrected chi connectivity index (χ0v) is 12.8. The molecule has 0 spiro atoms. The Kier molecular flexibility index (Phi) is 6.23. The van der Waals surface area contributed by atoms with Gasteiger partial charge in [0.25, 0.3) is 5.91 Å². The van der Waals surface area contributed by atoms with Crippen LogP contribution in [-0.2, 0) is 9.53 Å². The van der Waals surface area contributed by atoms with E-state index < -0.39 is 5.60 Å². The third-order valence-corrected chi connectivity index (χ3v) is 4.11. The van der Waals surface area contributed by atoms with E-state index in [0.717, 1.165) is 45.6 Å². The molecule has 1 saturated heterocycles. The van der Waals surface area contributed by atoms with Crippen LogP contribution in [0.1, 0.15) is 33.6 Å². The summed E-state index contributed by atoms with van der Waals surface area (Å²) in [6.07, 6.45) is 2.16. The first-order valence-electron chi connectivity index (χ1n) is 7.25. The molecular formula is C14H29N3O2. The van der Waals surface area contributed by atoms with Gasteiger partial charge in [0.1, 0.15) is 5.60 Å². The largest absolute Gasteiger partial charge is 0.369 e. The number of amides is 1. The molecule has 1 amide bonds. The van der Waals surface area contributed by atoms with Crippen molar-refractivity contribution in [3.05, 3.63) is 0 Å². The van der Waals surface area contributed by atoms with Crippen LogP contribution in [-0.4, -0.2) is 67.2 Å². The molecule has 1 fully saturated rings. The Hall–Kier alpha value is -0.650. The predicted molar refractivity (Wildman–Crippen MR) is 77.0 cm³/mol. The molecule has 1 atom stereocenters. The number of carbonyl (C=O) groups is 1. The molecule has 1 aliphatic rings. The standard InChI is InChI=1S/C14H29N3O2/c1-5-12(6-7-15)16-8-10-17(11-9-16)13(18)14(2,3)19-4/h12H,5-11,15H2,1-4H3. The Balaban J connectivity index is 2.51. The third-order valence-electron chi connectivity index (χ3n) is 4.11. The summed E-state index contributed by atoms with van der Waals surface area (Å²) in [7, 11) is 1.59. The van der Waals surface area contributed by atoms with Crippen molar-refractivity contribution in [2.45, 2.75) is 45.3 Å². The van der Waals surface area contributed by atoms with Crippen LogP contribution in [0.4, 0.5) is 0 Å². The van der Waals surface area contributed by atoms with Crippen LogP contribution >= 0.6 is 0 Å². The van der Waals surface area contributed by atoms with Gasteiger partial charge < -0.3 is 15.4 Å². The summed E-state index contributed by atoms with van der Waals surface area (Å²) >= 11 is 0. The van der Waals surface area contributed by atoms with E-state index in [9.17, 15) is 4.79 Å². The fourth-order valence-corrected chi connectivity index (χ4v) is 2.60. The zero-order chi connectivity index (χ0) is 14.5. The van der Waals surface area contributed by atoms with Gasteiger partial charge in [-0.25, -0.2) is 0 Å². The van der Waals surface area contributed by atoms with E-state index in [0.29, 0.717) is 6.04 Å². The minimum atomic E-state index is -0.719. The number of methoxy groups -OCH3 is 1. The number of rotatable bonds is 6. The molecule has 1 unspecified atom stereocenters. The Morgan fingerprint density at radius 1 is 1.32 bits per heavy atom. The fraction of sp³-hybridized carbons (Fsp3) is 0.929. The molecule has 5 heteroatoms. The summed E-state index contributed by atoms with van der Waals surface area (Å²) < 4.78 is 5.27. The summed E-state index contributed by atoms with van der Waals surface area (Å²) in [5.74, 6) is 0.0847. The first-order chi connectivity index (χ1) is 8.96. The van der Waals surface area contributed by atoms with E-state index in [1.807, 2.05) is 18.7 Å². The molecule has 2 N–H and O–H groups in total. The predicted octanol–water partition coefficient (Wildman–Crippen LogP) is 0.683. The maximum Gasteiger partial charge on any atom is 0.254 e. The van der Waals surface area contributed by atoms with Crippen molar-refractivity contribution < 1.29 is 9.53 Å². The molecule has 0 aromatic rings. The third kappa shape index (κ3) is 4.16. The van der Waals surface area contributed by atoms with Crippen LogP contribution in [0.3, 0.4) is 0 Å². The Bertz CT molecular complexity index is 286. The monoisotopic (exact) mass is 271 g/mol. The summed E-state index contributed by atoms with van der Waals surface area (Å²) in [6, 6.07) is 0.553. The van der Waals surface area contributed by atoms with Crippen molar-refractivity contribution in [2.75, 3.05) is 39.8 Å². The topological polar surface area (TPSA) is 58.8 Å². The number of hydrogen-bond acceptors (Lipinski definition) is 4. The van der Waals surface area contributed by atoms with Gasteiger partial charge in [0, 0.05) is 39.3 Å². The van der Waals surface area contributed by atoms with Crippen molar-refractivity contribution >= 4 is 5.91 Å². The molecule has 112 valence electrons. The van der Waals surface area contributed by atoms with E-state index in [-0.39, 0.29) is 5.91 Å². The Labute approximate surface area is 117 Å². The van der Waals surface area contributed by atoms with Crippen LogP contribution in [0, 0.1) is 0 Å². The lowest BCUT2D eigenvalue weighted by molar-refractivity contribution is -0.153. The second-order valence-electron chi connectivity index (χ2n) is 5.68. The van der Waals surface area contributed by atoms with Crippen LogP contribution < -0.4 is 5.73 Å². The molecule has 0 aromatic heterocycles. The van der Waals surface area contributed by atoms with E-state index in [1.165, 1.54) is 0 Å². The minimum absolute atomic E-state index is 0.0847. The van der Waals surface area contributed by atoms with Crippen molar-refractivity contribution in [3.63, 3.8) is 0 Å². The van der Waals surface area contributed by atoms with Gasteiger partial charge in [0.15, 0.2) is 0 Å². The molecule has 5 nitrogen and oxygen atoms in total. The Morgan fingerprint density at radius 2 is 1.89 bits per heavy atom. The highest BCUT2D eigenvalue weighted by Crippen LogP contribution is 2.17. The van der Waals surface area contributed by atoms with Gasteiger partial charge in [-0.15, -0.1) is 0 Å². The molecule has 0 radical (unpaired) electrons. The lowest BCUT2D eigenvalue weighted by Crippen LogP contribution is -2.56. The van der Waals surface area contributed by atoms with Gasteiger partial charge in [0.05, 0.1) is 0 Å². The number of nitrogens with zero attached hydrogens (tertiary/aromatic N) is 2. The first kappa shape index (κ1) is 16.4. The molecular weight excluding hydrogens is 242 g/mol. The summed E-state index contributed by atoms with van der Waals surface area (Å²) in [5.41, 5.74) is 4.94. The Morgan fingerprint density at radius 3 is 2.32 bits per heavy atom. The minimum Gasteiger partial charge on any atom is -0.369 e. The van der Waals surface area contributed by atoms with E-state index in [2.05, 4.69) is 11.8 Å². The van der Waals surface area contributed by atoms with Crippen LogP contribution in [0.2, 0.25) is 0 Å². The van der Waals surface area contributed by atoms with Crippen molar-refractivity contribution in [1.29, 1.82) is 0 Å². The fourth-order valence-electron chi connectivity index (χ4n) is 2.60. The van der Waals surface area contributed by atoms with Crippen LogP contribution in [0.5, 0.6) is 0 Å². The normalized spacial score (nSPS) is 19.5. The number of ether oxygens (including phenoxy) is 1. The van der Waals surface area contributed by atoms with Gasteiger partial charge in [-0.2, -0.15) is 0 Å². The lowest BCUT2D eigenvalue weighted by Gasteiger charge is -2.41. The van der Waals surface area contributed by atoms with Gasteiger partial charge in [-0.05, 0) is 33.2 Å². The molecule has 0 bridgehead atoms. The highest BCUT2D eigenvalue weighted by molar-refractivity contribution is 5.84. The molecule has 1 heterocycles. The van der Waals surface area contributed by atoms with Gasteiger partial charge in [-0.3, -0.25) is 9.69 Å². The maximum atomic E-state index is 12.3. The average molecular weight is 271 g/mol. The lowest BCUT2D eigenvalue weighted by atomic mass is 10.1. The molecule has 0 saturated carbocycles.